The summed E-state index contributed by atoms with van der Waals surface area (Å²) in [6.07, 6.45) is 0. The second-order valence-electron chi connectivity index (χ2n) is 7.80. The van der Waals surface area contributed by atoms with Crippen molar-refractivity contribution in [2.75, 3.05) is 0 Å². The van der Waals surface area contributed by atoms with Gasteiger partial charge in [-0.2, -0.15) is 0 Å². The molecule has 0 heterocycles. The molecular formula is C15H30O4Si3. The monoisotopic (exact) mass is 358 g/mol. The third kappa shape index (κ3) is 6.25. The quantitative estimate of drug-likeness (QED) is 0.751. The maximum atomic E-state index is 9.91. The topological polar surface area (TPSA) is 47.9 Å². The largest absolute Gasteiger partial charge is 0.541 e. The highest BCUT2D eigenvalue weighted by Crippen LogP contribution is 2.30. The zero-order valence-electron chi connectivity index (χ0n) is 15.3. The summed E-state index contributed by atoms with van der Waals surface area (Å²) in [5.74, 6) is 1.02. The molecule has 0 saturated carbocycles. The molecule has 4 nitrogen and oxygen atoms in total. The van der Waals surface area contributed by atoms with Gasteiger partial charge in [-0.05, 0) is 76.4 Å². The summed E-state index contributed by atoms with van der Waals surface area (Å²) in [6, 6.07) is 3.68. The van der Waals surface area contributed by atoms with Gasteiger partial charge in [0.25, 0.3) is 0 Å². The van der Waals surface area contributed by atoms with Crippen LogP contribution in [0.3, 0.4) is 0 Å². The first-order valence-corrected chi connectivity index (χ1v) is 16.6. The lowest BCUT2D eigenvalue weighted by atomic mass is 10.1. The number of hydrogen-bond donors (Lipinski definition) is 1. The van der Waals surface area contributed by atoms with Crippen molar-refractivity contribution in [2.24, 2.45) is 0 Å². The van der Waals surface area contributed by atoms with E-state index in [1.807, 2.05) is 32.5 Å². The molecule has 0 unspecified atom stereocenters. The van der Waals surface area contributed by atoms with Gasteiger partial charge in [-0.15, -0.1) is 0 Å². The fraction of sp³-hybridized carbons (Fsp3) is 0.600. The van der Waals surface area contributed by atoms with Crippen LogP contribution >= 0.6 is 0 Å². The van der Waals surface area contributed by atoms with E-state index >= 15 is 0 Å². The van der Waals surface area contributed by atoms with Crippen LogP contribution in [-0.2, 0) is 8.23 Å². The Morgan fingerprint density at radius 1 is 0.773 bits per heavy atom. The maximum absolute atomic E-state index is 9.91. The van der Waals surface area contributed by atoms with Gasteiger partial charge in [0.15, 0.2) is 16.6 Å². The fourth-order valence-corrected chi connectivity index (χ4v) is 12.7. The third-order valence-corrected chi connectivity index (χ3v) is 11.2. The first kappa shape index (κ1) is 19.4. The van der Waals surface area contributed by atoms with Crippen LogP contribution in [0.4, 0.5) is 0 Å². The van der Waals surface area contributed by atoms with Crippen molar-refractivity contribution in [1.29, 1.82) is 0 Å². The smallest absolute Gasteiger partial charge is 0.507 e. The van der Waals surface area contributed by atoms with Gasteiger partial charge in [-0.3, -0.25) is 0 Å². The zero-order valence-corrected chi connectivity index (χ0v) is 18.3. The number of rotatable bonds is 6. The van der Waals surface area contributed by atoms with E-state index in [1.54, 1.807) is 0 Å². The van der Waals surface area contributed by atoms with Crippen LogP contribution in [0.15, 0.2) is 12.1 Å². The van der Waals surface area contributed by atoms with Gasteiger partial charge >= 0.3 is 8.80 Å². The minimum Gasteiger partial charge on any atom is -0.507 e. The highest BCUT2D eigenvalue weighted by atomic mass is 28.5. The van der Waals surface area contributed by atoms with Crippen LogP contribution in [0.2, 0.25) is 45.8 Å². The lowest BCUT2D eigenvalue weighted by Gasteiger charge is -2.37. The molecule has 1 rings (SSSR count). The highest BCUT2D eigenvalue weighted by molar-refractivity contribution is 6.85. The molecule has 0 saturated heterocycles. The summed E-state index contributed by atoms with van der Waals surface area (Å²) >= 11 is 0. The molecule has 0 aliphatic rings. The Kier molecular flexibility index (Phi) is 5.73. The summed E-state index contributed by atoms with van der Waals surface area (Å²) in [4.78, 5) is 0. The molecule has 0 bridgehead atoms. The van der Waals surface area contributed by atoms with Crippen molar-refractivity contribution in [3.05, 3.63) is 23.3 Å². The van der Waals surface area contributed by atoms with Gasteiger partial charge in [-0.1, -0.05) is 0 Å². The first-order valence-electron chi connectivity index (χ1n) is 7.60. The molecule has 0 aliphatic carbocycles. The average molecular weight is 359 g/mol. The number of phenolic OH excluding ortho intramolecular Hbond substituents is 1. The highest BCUT2D eigenvalue weighted by Gasteiger charge is 2.45. The second-order valence-corrected chi connectivity index (χ2v) is 19.8. The Bertz CT molecular complexity index is 494. The molecule has 1 aromatic rings. The molecule has 0 amide bonds. The number of aryl methyl sites for hydroxylation is 2. The molecule has 0 radical (unpaired) electrons. The van der Waals surface area contributed by atoms with Crippen LogP contribution < -0.4 is 4.43 Å². The second kappa shape index (κ2) is 6.48. The normalized spacial score (nSPS) is 13.3. The molecular weight excluding hydrogens is 328 g/mol. The summed E-state index contributed by atoms with van der Waals surface area (Å²) in [6.45, 7) is 18.6. The standard InChI is InChI=1S/C15H30O4Si3/c1-12-10-14(11-13(2)15(12)16)17-22(9,18-20(3,4)5)19-21(6,7)8/h10-11,16H,1-9H3. The van der Waals surface area contributed by atoms with Gasteiger partial charge < -0.3 is 17.8 Å². The van der Waals surface area contributed by atoms with Gasteiger partial charge in [0.05, 0.1) is 0 Å². The van der Waals surface area contributed by atoms with Gasteiger partial charge in [0.1, 0.15) is 11.5 Å². The molecule has 0 atom stereocenters. The van der Waals surface area contributed by atoms with Crippen molar-refractivity contribution < 1.29 is 17.8 Å². The van der Waals surface area contributed by atoms with Crippen LogP contribution in [-0.4, -0.2) is 30.5 Å². The van der Waals surface area contributed by atoms with Crippen molar-refractivity contribution in [2.45, 2.75) is 59.7 Å². The van der Waals surface area contributed by atoms with E-state index < -0.39 is 25.4 Å². The SMILES string of the molecule is Cc1cc(O[Si](C)(O[Si](C)(C)C)O[Si](C)(C)C)cc(C)c1O. The van der Waals surface area contributed by atoms with E-state index in [1.165, 1.54) is 0 Å². The first-order chi connectivity index (χ1) is 9.71. The van der Waals surface area contributed by atoms with Crippen LogP contribution in [0.1, 0.15) is 11.1 Å². The summed E-state index contributed by atoms with van der Waals surface area (Å²) in [7, 11) is -6.38. The predicted molar refractivity (Wildman–Crippen MR) is 98.7 cm³/mol. The predicted octanol–water partition coefficient (Wildman–Crippen LogP) is 4.66. The fourth-order valence-electron chi connectivity index (χ4n) is 2.36. The molecule has 0 spiro atoms. The Labute approximate surface area is 138 Å². The van der Waals surface area contributed by atoms with Gasteiger partial charge in [-0.25, -0.2) is 0 Å². The molecule has 1 N–H and O–H groups in total. The lowest BCUT2D eigenvalue weighted by Crippen LogP contribution is -2.56. The maximum Gasteiger partial charge on any atom is 0.541 e. The third-order valence-electron chi connectivity index (χ3n) is 2.75. The lowest BCUT2D eigenvalue weighted by molar-refractivity contribution is 0.265. The summed E-state index contributed by atoms with van der Waals surface area (Å²) < 4.78 is 18.9. The van der Waals surface area contributed by atoms with E-state index in [2.05, 4.69) is 39.3 Å². The van der Waals surface area contributed by atoms with E-state index in [0.29, 0.717) is 11.5 Å². The van der Waals surface area contributed by atoms with Crippen molar-refractivity contribution >= 4 is 25.4 Å². The van der Waals surface area contributed by atoms with Crippen LogP contribution in [0.25, 0.3) is 0 Å². The summed E-state index contributed by atoms with van der Waals surface area (Å²) in [5.41, 5.74) is 1.60. The molecule has 0 aliphatic heterocycles. The van der Waals surface area contributed by atoms with E-state index in [9.17, 15) is 5.11 Å². The van der Waals surface area contributed by atoms with Crippen molar-refractivity contribution in [3.8, 4) is 11.5 Å². The molecule has 1 aromatic carbocycles. The minimum absolute atomic E-state index is 0.313. The molecule has 0 aromatic heterocycles. The molecule has 22 heavy (non-hydrogen) atoms. The van der Waals surface area contributed by atoms with Crippen molar-refractivity contribution in [3.63, 3.8) is 0 Å². The molecule has 126 valence electrons. The van der Waals surface area contributed by atoms with Crippen LogP contribution in [0, 0.1) is 13.8 Å². The van der Waals surface area contributed by atoms with E-state index in [4.69, 9.17) is 12.7 Å². The number of phenols is 1. The number of aromatic hydroxyl groups is 1. The minimum atomic E-state index is -2.78. The number of benzene rings is 1. The Hall–Kier alpha value is -0.609. The Balaban J connectivity index is 3.13. The average Bonchev–Trinajstić information content (AvgIpc) is 2.19. The van der Waals surface area contributed by atoms with E-state index in [-0.39, 0.29) is 0 Å². The number of hydrogen-bond acceptors (Lipinski definition) is 4. The molecule has 7 heteroatoms. The Morgan fingerprint density at radius 3 is 1.45 bits per heavy atom. The Morgan fingerprint density at radius 2 is 1.14 bits per heavy atom. The van der Waals surface area contributed by atoms with Gasteiger partial charge in [0.2, 0.25) is 0 Å². The zero-order chi connectivity index (χ0) is 17.3. The van der Waals surface area contributed by atoms with Crippen LogP contribution in [0.5, 0.6) is 11.5 Å². The molecule has 0 fully saturated rings. The van der Waals surface area contributed by atoms with Crippen molar-refractivity contribution in [1.82, 2.24) is 0 Å². The van der Waals surface area contributed by atoms with E-state index in [0.717, 1.165) is 11.1 Å². The summed E-state index contributed by atoms with van der Waals surface area (Å²) in [5, 5.41) is 9.91. The van der Waals surface area contributed by atoms with Gasteiger partial charge in [0, 0.05) is 6.55 Å².